The van der Waals surface area contributed by atoms with Crippen LogP contribution in [0.2, 0.25) is 0 Å². The molecule has 0 atom stereocenters. The zero-order chi connectivity index (χ0) is 9.10. The molecule has 0 saturated heterocycles. The zero-order valence-electron chi connectivity index (χ0n) is 7.77. The lowest BCUT2D eigenvalue weighted by Crippen LogP contribution is -2.03. The molecule has 2 rings (SSSR count). The molecular formula is C10H13N3. The van der Waals surface area contributed by atoms with E-state index in [9.17, 15) is 0 Å². The Morgan fingerprint density at radius 1 is 1.54 bits per heavy atom. The van der Waals surface area contributed by atoms with E-state index in [1.54, 1.807) is 12.7 Å². The molecule has 68 valence electrons. The maximum Gasteiger partial charge on any atom is 0.137 e. The fourth-order valence-electron chi connectivity index (χ4n) is 1.50. The van der Waals surface area contributed by atoms with Crippen molar-refractivity contribution in [3.05, 3.63) is 36.0 Å². The molecule has 0 spiro atoms. The molecule has 0 radical (unpaired) electrons. The second-order valence-corrected chi connectivity index (χ2v) is 3.34. The van der Waals surface area contributed by atoms with Crippen molar-refractivity contribution in [1.82, 2.24) is 14.8 Å². The topological polar surface area (TPSA) is 30.7 Å². The Morgan fingerprint density at radius 2 is 2.46 bits per heavy atom. The SMILES string of the molecule is CC1=C(Cn2cncn2)C=CCC1. The number of hydrogen-bond donors (Lipinski definition) is 0. The molecule has 1 aromatic rings. The van der Waals surface area contributed by atoms with E-state index in [-0.39, 0.29) is 0 Å². The number of nitrogens with zero attached hydrogens (tertiary/aromatic N) is 3. The average Bonchev–Trinajstić information content (AvgIpc) is 2.61. The van der Waals surface area contributed by atoms with Gasteiger partial charge in [0.1, 0.15) is 12.7 Å². The number of rotatable bonds is 2. The Balaban J connectivity index is 2.14. The second-order valence-electron chi connectivity index (χ2n) is 3.34. The fraction of sp³-hybridized carbons (Fsp3) is 0.400. The smallest absolute Gasteiger partial charge is 0.137 e. The van der Waals surface area contributed by atoms with E-state index in [4.69, 9.17) is 0 Å². The van der Waals surface area contributed by atoms with Crippen molar-refractivity contribution >= 4 is 0 Å². The first-order valence-electron chi connectivity index (χ1n) is 4.54. The molecule has 13 heavy (non-hydrogen) atoms. The Kier molecular flexibility index (Phi) is 2.25. The summed E-state index contributed by atoms with van der Waals surface area (Å²) in [6.45, 7) is 3.04. The van der Waals surface area contributed by atoms with Crippen LogP contribution in [0.4, 0.5) is 0 Å². The zero-order valence-corrected chi connectivity index (χ0v) is 7.77. The molecular weight excluding hydrogens is 162 g/mol. The normalized spacial score (nSPS) is 16.7. The van der Waals surface area contributed by atoms with Gasteiger partial charge in [-0.2, -0.15) is 5.10 Å². The minimum Gasteiger partial charge on any atom is -0.249 e. The standard InChI is InChI=1S/C10H13N3/c1-9-4-2-3-5-10(9)6-13-8-11-7-12-13/h3,5,7-8H,2,4,6H2,1H3. The summed E-state index contributed by atoms with van der Waals surface area (Å²) in [5.41, 5.74) is 2.84. The average molecular weight is 175 g/mol. The van der Waals surface area contributed by atoms with E-state index in [0.29, 0.717) is 0 Å². The molecule has 0 aliphatic heterocycles. The van der Waals surface area contributed by atoms with Gasteiger partial charge >= 0.3 is 0 Å². The lowest BCUT2D eigenvalue weighted by Gasteiger charge is -2.11. The summed E-state index contributed by atoms with van der Waals surface area (Å²) >= 11 is 0. The van der Waals surface area contributed by atoms with Crippen LogP contribution in [0.3, 0.4) is 0 Å². The van der Waals surface area contributed by atoms with Gasteiger partial charge in [-0.25, -0.2) is 9.67 Å². The molecule has 0 fully saturated rings. The van der Waals surface area contributed by atoms with Crippen LogP contribution in [0, 0.1) is 0 Å². The molecule has 0 bridgehead atoms. The van der Waals surface area contributed by atoms with Crippen molar-refractivity contribution in [1.29, 1.82) is 0 Å². The minimum atomic E-state index is 0.850. The number of hydrogen-bond acceptors (Lipinski definition) is 2. The van der Waals surface area contributed by atoms with Gasteiger partial charge in [-0.05, 0) is 25.3 Å². The van der Waals surface area contributed by atoms with Gasteiger partial charge in [-0.3, -0.25) is 0 Å². The molecule has 1 aliphatic rings. The summed E-state index contributed by atoms with van der Waals surface area (Å²) in [6, 6.07) is 0. The van der Waals surface area contributed by atoms with Crippen molar-refractivity contribution in [2.45, 2.75) is 26.3 Å². The highest BCUT2D eigenvalue weighted by Gasteiger charge is 2.04. The molecule has 3 nitrogen and oxygen atoms in total. The van der Waals surface area contributed by atoms with Crippen LogP contribution in [0.15, 0.2) is 36.0 Å². The first kappa shape index (κ1) is 8.23. The monoisotopic (exact) mass is 175 g/mol. The molecule has 1 aliphatic carbocycles. The molecule has 1 heterocycles. The second kappa shape index (κ2) is 3.56. The maximum atomic E-state index is 4.08. The van der Waals surface area contributed by atoms with Crippen LogP contribution in [-0.2, 0) is 6.54 Å². The van der Waals surface area contributed by atoms with Gasteiger partial charge in [0.05, 0.1) is 6.54 Å². The van der Waals surface area contributed by atoms with Gasteiger partial charge in [0.25, 0.3) is 0 Å². The van der Waals surface area contributed by atoms with E-state index < -0.39 is 0 Å². The lowest BCUT2D eigenvalue weighted by atomic mass is 9.99. The minimum absolute atomic E-state index is 0.850. The number of aromatic nitrogens is 3. The molecule has 0 aromatic carbocycles. The first-order chi connectivity index (χ1) is 6.36. The quantitative estimate of drug-likeness (QED) is 0.687. The molecule has 0 saturated carbocycles. The summed E-state index contributed by atoms with van der Waals surface area (Å²) in [5.74, 6) is 0. The molecule has 1 aromatic heterocycles. The van der Waals surface area contributed by atoms with Crippen molar-refractivity contribution in [2.75, 3.05) is 0 Å². The van der Waals surface area contributed by atoms with E-state index >= 15 is 0 Å². The van der Waals surface area contributed by atoms with Crippen LogP contribution in [0.1, 0.15) is 19.8 Å². The Morgan fingerprint density at radius 3 is 3.15 bits per heavy atom. The first-order valence-corrected chi connectivity index (χ1v) is 4.54. The van der Waals surface area contributed by atoms with E-state index in [1.807, 2.05) is 4.68 Å². The third-order valence-electron chi connectivity index (χ3n) is 2.35. The highest BCUT2D eigenvalue weighted by Crippen LogP contribution is 2.18. The number of allylic oxidation sites excluding steroid dienone is 4. The van der Waals surface area contributed by atoms with Crippen molar-refractivity contribution < 1.29 is 0 Å². The Bertz CT molecular complexity index is 333. The van der Waals surface area contributed by atoms with Crippen LogP contribution in [-0.4, -0.2) is 14.8 Å². The summed E-state index contributed by atoms with van der Waals surface area (Å²) < 4.78 is 1.86. The predicted molar refractivity (Wildman–Crippen MR) is 51.1 cm³/mol. The molecule has 3 heteroatoms. The summed E-state index contributed by atoms with van der Waals surface area (Å²) in [6.07, 6.45) is 10.1. The lowest BCUT2D eigenvalue weighted by molar-refractivity contribution is 0.673. The van der Waals surface area contributed by atoms with Crippen molar-refractivity contribution in [3.63, 3.8) is 0 Å². The summed E-state index contributed by atoms with van der Waals surface area (Å²) in [4.78, 5) is 3.92. The van der Waals surface area contributed by atoms with Crippen LogP contribution >= 0.6 is 0 Å². The third-order valence-corrected chi connectivity index (χ3v) is 2.35. The van der Waals surface area contributed by atoms with Crippen molar-refractivity contribution in [3.8, 4) is 0 Å². The molecule has 0 amide bonds. The Hall–Kier alpha value is -1.38. The van der Waals surface area contributed by atoms with Crippen LogP contribution in [0.25, 0.3) is 0 Å². The highest BCUT2D eigenvalue weighted by molar-refractivity contribution is 5.27. The summed E-state index contributed by atoms with van der Waals surface area (Å²) in [7, 11) is 0. The van der Waals surface area contributed by atoms with Gasteiger partial charge in [-0.1, -0.05) is 17.7 Å². The van der Waals surface area contributed by atoms with Gasteiger partial charge < -0.3 is 0 Å². The van der Waals surface area contributed by atoms with Crippen LogP contribution in [0.5, 0.6) is 0 Å². The maximum absolute atomic E-state index is 4.08. The fourth-order valence-corrected chi connectivity index (χ4v) is 1.50. The summed E-state index contributed by atoms with van der Waals surface area (Å²) in [5, 5.41) is 4.08. The van der Waals surface area contributed by atoms with Gasteiger partial charge in [-0.15, -0.1) is 0 Å². The van der Waals surface area contributed by atoms with Gasteiger partial charge in [0.2, 0.25) is 0 Å². The van der Waals surface area contributed by atoms with Crippen molar-refractivity contribution in [2.24, 2.45) is 0 Å². The highest BCUT2D eigenvalue weighted by atomic mass is 15.3. The largest absolute Gasteiger partial charge is 0.249 e. The van der Waals surface area contributed by atoms with E-state index in [1.165, 1.54) is 24.0 Å². The van der Waals surface area contributed by atoms with Gasteiger partial charge in [0, 0.05) is 0 Å². The van der Waals surface area contributed by atoms with E-state index in [2.05, 4.69) is 29.2 Å². The molecule has 0 unspecified atom stereocenters. The third kappa shape index (κ3) is 1.86. The molecule has 0 N–H and O–H groups in total. The van der Waals surface area contributed by atoms with Gasteiger partial charge in [0.15, 0.2) is 0 Å². The predicted octanol–water partition coefficient (Wildman–Crippen LogP) is 1.94. The Labute approximate surface area is 77.8 Å². The van der Waals surface area contributed by atoms with Crippen LogP contribution < -0.4 is 0 Å². The van der Waals surface area contributed by atoms with E-state index in [0.717, 1.165) is 6.54 Å².